The van der Waals surface area contributed by atoms with E-state index in [9.17, 15) is 4.79 Å². The van der Waals surface area contributed by atoms with Gasteiger partial charge in [0.25, 0.3) is 5.91 Å². The van der Waals surface area contributed by atoms with Crippen molar-refractivity contribution in [1.82, 2.24) is 10.3 Å². The number of halogens is 2. The van der Waals surface area contributed by atoms with Crippen LogP contribution in [-0.2, 0) is 6.42 Å². The molecule has 0 aliphatic heterocycles. The SMILES string of the molecule is COc1cc(C)c(CCNC(=O)c2ccncc2)cc1Cl.Cl. The molecule has 1 aromatic heterocycles. The Balaban J connectivity index is 0.00000242. The van der Waals surface area contributed by atoms with Crippen LogP contribution in [0.4, 0.5) is 0 Å². The zero-order valence-corrected chi connectivity index (χ0v) is 14.0. The molecular formula is C16H18Cl2N2O2. The van der Waals surface area contributed by atoms with Crippen LogP contribution in [0.2, 0.25) is 5.02 Å². The summed E-state index contributed by atoms with van der Waals surface area (Å²) < 4.78 is 5.17. The fraction of sp³-hybridized carbons (Fsp3) is 0.250. The lowest BCUT2D eigenvalue weighted by molar-refractivity contribution is 0.0954. The largest absolute Gasteiger partial charge is 0.495 e. The Hall–Kier alpha value is -1.78. The Kier molecular flexibility index (Phi) is 7.15. The molecule has 2 rings (SSSR count). The highest BCUT2D eigenvalue weighted by molar-refractivity contribution is 6.32. The minimum atomic E-state index is -0.102. The third-order valence-corrected chi connectivity index (χ3v) is 3.53. The molecule has 0 radical (unpaired) electrons. The number of carbonyl (C=O) groups is 1. The first-order chi connectivity index (χ1) is 10.1. The van der Waals surface area contributed by atoms with Crippen LogP contribution in [0.1, 0.15) is 21.5 Å². The van der Waals surface area contributed by atoms with Gasteiger partial charge in [-0.3, -0.25) is 9.78 Å². The van der Waals surface area contributed by atoms with Crippen LogP contribution in [0, 0.1) is 6.92 Å². The quantitative estimate of drug-likeness (QED) is 0.906. The molecule has 6 heteroatoms. The van der Waals surface area contributed by atoms with Gasteiger partial charge in [-0.15, -0.1) is 12.4 Å². The lowest BCUT2D eigenvalue weighted by Crippen LogP contribution is -2.25. The predicted octanol–water partition coefficient (Wildman–Crippen LogP) is 3.45. The molecule has 4 nitrogen and oxygen atoms in total. The molecule has 1 heterocycles. The number of nitrogens with zero attached hydrogens (tertiary/aromatic N) is 1. The van der Waals surface area contributed by atoms with E-state index in [0.717, 1.165) is 11.1 Å². The highest BCUT2D eigenvalue weighted by atomic mass is 35.5. The molecule has 22 heavy (non-hydrogen) atoms. The summed E-state index contributed by atoms with van der Waals surface area (Å²) in [5, 5.41) is 3.46. The maximum absolute atomic E-state index is 11.9. The molecule has 0 saturated heterocycles. The molecule has 0 aliphatic rings. The molecule has 1 aromatic carbocycles. The molecule has 0 fully saturated rings. The van der Waals surface area contributed by atoms with Crippen molar-refractivity contribution in [2.24, 2.45) is 0 Å². The van der Waals surface area contributed by atoms with Crippen molar-refractivity contribution in [2.45, 2.75) is 13.3 Å². The van der Waals surface area contributed by atoms with E-state index in [1.165, 1.54) is 0 Å². The molecule has 1 N–H and O–H groups in total. The first-order valence-electron chi connectivity index (χ1n) is 6.63. The minimum absolute atomic E-state index is 0. The molecule has 118 valence electrons. The van der Waals surface area contributed by atoms with E-state index in [1.807, 2.05) is 19.1 Å². The van der Waals surface area contributed by atoms with Gasteiger partial charge in [-0.2, -0.15) is 0 Å². The zero-order chi connectivity index (χ0) is 15.2. The molecule has 2 aromatic rings. The van der Waals surface area contributed by atoms with Crippen molar-refractivity contribution in [3.8, 4) is 5.75 Å². The molecule has 0 unspecified atom stereocenters. The second-order valence-corrected chi connectivity index (χ2v) is 5.06. The summed E-state index contributed by atoms with van der Waals surface area (Å²) in [7, 11) is 1.59. The van der Waals surface area contributed by atoms with Gasteiger partial charge in [-0.25, -0.2) is 0 Å². The van der Waals surface area contributed by atoms with Crippen LogP contribution in [0.15, 0.2) is 36.7 Å². The standard InChI is InChI=1S/C16H17ClN2O2.ClH/c1-11-9-15(21-2)14(17)10-13(11)5-8-19-16(20)12-3-6-18-7-4-12;/h3-4,6-7,9-10H,5,8H2,1-2H3,(H,19,20);1H. The van der Waals surface area contributed by atoms with Gasteiger partial charge in [0, 0.05) is 24.5 Å². The molecule has 0 aliphatic carbocycles. The number of hydrogen-bond acceptors (Lipinski definition) is 3. The average Bonchev–Trinajstić information content (AvgIpc) is 2.51. The van der Waals surface area contributed by atoms with Gasteiger partial charge in [0.15, 0.2) is 0 Å². The van der Waals surface area contributed by atoms with Crippen molar-refractivity contribution in [1.29, 1.82) is 0 Å². The lowest BCUT2D eigenvalue weighted by atomic mass is 10.1. The molecule has 1 amide bonds. The van der Waals surface area contributed by atoms with Gasteiger partial charge in [-0.1, -0.05) is 11.6 Å². The Bertz CT molecular complexity index is 634. The van der Waals surface area contributed by atoms with Crippen LogP contribution >= 0.6 is 24.0 Å². The van der Waals surface area contributed by atoms with Crippen LogP contribution in [0.5, 0.6) is 5.75 Å². The van der Waals surface area contributed by atoms with Gasteiger partial charge in [0.2, 0.25) is 0 Å². The third-order valence-electron chi connectivity index (χ3n) is 3.23. The van der Waals surface area contributed by atoms with Gasteiger partial charge >= 0.3 is 0 Å². The third kappa shape index (κ3) is 4.61. The molecule has 0 spiro atoms. The molecule has 0 bridgehead atoms. The number of nitrogens with one attached hydrogen (secondary N) is 1. The van der Waals surface area contributed by atoms with Crippen molar-refractivity contribution in [3.63, 3.8) is 0 Å². The van der Waals surface area contributed by atoms with Gasteiger partial charge in [-0.05, 0) is 48.7 Å². The second kappa shape index (κ2) is 8.61. The summed E-state index contributed by atoms with van der Waals surface area (Å²) in [5.74, 6) is 0.563. The van der Waals surface area contributed by atoms with Crippen LogP contribution < -0.4 is 10.1 Å². The first-order valence-corrected chi connectivity index (χ1v) is 7.01. The average molecular weight is 341 g/mol. The number of rotatable bonds is 5. The number of aromatic nitrogens is 1. The summed E-state index contributed by atoms with van der Waals surface area (Å²) in [4.78, 5) is 15.8. The molecule has 0 atom stereocenters. The summed E-state index contributed by atoms with van der Waals surface area (Å²) in [5.41, 5.74) is 2.79. The smallest absolute Gasteiger partial charge is 0.251 e. The maximum atomic E-state index is 11.9. The fourth-order valence-electron chi connectivity index (χ4n) is 2.04. The Morgan fingerprint density at radius 3 is 2.64 bits per heavy atom. The Labute approximate surface area is 141 Å². The summed E-state index contributed by atoms with van der Waals surface area (Å²) in [6.07, 6.45) is 3.91. The van der Waals surface area contributed by atoms with Crippen LogP contribution in [-0.4, -0.2) is 24.5 Å². The maximum Gasteiger partial charge on any atom is 0.251 e. The van der Waals surface area contributed by atoms with Crippen LogP contribution in [0.3, 0.4) is 0 Å². The van der Waals surface area contributed by atoms with Crippen LogP contribution in [0.25, 0.3) is 0 Å². The number of ether oxygens (including phenoxy) is 1. The minimum Gasteiger partial charge on any atom is -0.495 e. The fourth-order valence-corrected chi connectivity index (χ4v) is 2.30. The monoisotopic (exact) mass is 340 g/mol. The van der Waals surface area contributed by atoms with E-state index >= 15 is 0 Å². The summed E-state index contributed by atoms with van der Waals surface area (Å²) >= 11 is 6.12. The first kappa shape index (κ1) is 18.3. The molecule has 0 saturated carbocycles. The summed E-state index contributed by atoms with van der Waals surface area (Å²) in [6, 6.07) is 7.16. The number of carbonyl (C=O) groups excluding carboxylic acids is 1. The highest BCUT2D eigenvalue weighted by Gasteiger charge is 2.08. The highest BCUT2D eigenvalue weighted by Crippen LogP contribution is 2.27. The number of aryl methyl sites for hydroxylation is 1. The number of amides is 1. The van der Waals surface area contributed by atoms with E-state index in [4.69, 9.17) is 16.3 Å². The Morgan fingerprint density at radius 2 is 2.00 bits per heavy atom. The van der Waals surface area contributed by atoms with Gasteiger partial charge in [0.05, 0.1) is 12.1 Å². The van der Waals surface area contributed by atoms with E-state index in [1.54, 1.807) is 31.6 Å². The van der Waals surface area contributed by atoms with Gasteiger partial charge in [0.1, 0.15) is 5.75 Å². The van der Waals surface area contributed by atoms with E-state index < -0.39 is 0 Å². The number of pyridine rings is 1. The van der Waals surface area contributed by atoms with Gasteiger partial charge < -0.3 is 10.1 Å². The Morgan fingerprint density at radius 1 is 1.32 bits per heavy atom. The number of hydrogen-bond donors (Lipinski definition) is 1. The van der Waals surface area contributed by atoms with E-state index in [-0.39, 0.29) is 18.3 Å². The van der Waals surface area contributed by atoms with Crippen molar-refractivity contribution >= 4 is 29.9 Å². The van der Waals surface area contributed by atoms with Crippen molar-refractivity contribution in [2.75, 3.05) is 13.7 Å². The normalized spacial score (nSPS) is 9.77. The predicted molar refractivity (Wildman–Crippen MR) is 90.3 cm³/mol. The number of methoxy groups -OCH3 is 1. The van der Waals surface area contributed by atoms with E-state index in [0.29, 0.717) is 29.3 Å². The number of benzene rings is 1. The van der Waals surface area contributed by atoms with Crippen molar-refractivity contribution in [3.05, 3.63) is 58.4 Å². The lowest BCUT2D eigenvalue weighted by Gasteiger charge is -2.11. The summed E-state index contributed by atoms with van der Waals surface area (Å²) in [6.45, 7) is 2.55. The second-order valence-electron chi connectivity index (χ2n) is 4.66. The van der Waals surface area contributed by atoms with Crippen molar-refractivity contribution < 1.29 is 9.53 Å². The zero-order valence-electron chi connectivity index (χ0n) is 12.4. The topological polar surface area (TPSA) is 51.2 Å². The molecular weight excluding hydrogens is 323 g/mol. The van der Waals surface area contributed by atoms with E-state index in [2.05, 4.69) is 10.3 Å².